The van der Waals surface area contributed by atoms with Gasteiger partial charge in [-0.15, -0.1) is 0 Å². The molecule has 2 heterocycles. The van der Waals surface area contributed by atoms with Crippen molar-refractivity contribution in [2.75, 3.05) is 25.0 Å². The van der Waals surface area contributed by atoms with Gasteiger partial charge < -0.3 is 5.32 Å². The van der Waals surface area contributed by atoms with Crippen LogP contribution >= 0.6 is 0 Å². The highest BCUT2D eigenvalue weighted by Gasteiger charge is 2.20. The van der Waals surface area contributed by atoms with Gasteiger partial charge in [0.1, 0.15) is 6.07 Å². The van der Waals surface area contributed by atoms with Crippen molar-refractivity contribution in [2.24, 2.45) is 5.92 Å². The third kappa shape index (κ3) is 3.65. The van der Waals surface area contributed by atoms with E-state index in [-0.39, 0.29) is 0 Å². The van der Waals surface area contributed by atoms with Gasteiger partial charge in [-0.05, 0) is 32.2 Å². The first-order chi connectivity index (χ1) is 9.20. The van der Waals surface area contributed by atoms with E-state index in [0.29, 0.717) is 17.6 Å². The van der Waals surface area contributed by atoms with Crippen molar-refractivity contribution in [1.29, 1.82) is 5.26 Å². The Hall–Kier alpha value is -1.67. The van der Waals surface area contributed by atoms with Crippen molar-refractivity contribution in [2.45, 2.75) is 32.7 Å². The quantitative estimate of drug-likeness (QED) is 0.894. The van der Waals surface area contributed by atoms with Crippen molar-refractivity contribution in [3.05, 3.63) is 18.1 Å². The molecule has 0 aliphatic carbocycles. The lowest BCUT2D eigenvalue weighted by Crippen LogP contribution is -2.43. The monoisotopic (exact) mass is 259 g/mol. The second-order valence-electron chi connectivity index (χ2n) is 5.34. The number of aromatic nitrogens is 2. The molecule has 0 amide bonds. The molecule has 0 spiro atoms. The SMILES string of the molecule is CC1CCCN(C(C)CNc2nccnc2C#N)C1. The maximum Gasteiger partial charge on any atom is 0.182 e. The van der Waals surface area contributed by atoms with Gasteiger partial charge in [0.2, 0.25) is 0 Å². The number of anilines is 1. The van der Waals surface area contributed by atoms with Crippen LogP contribution in [0.25, 0.3) is 0 Å². The van der Waals surface area contributed by atoms with E-state index in [1.807, 2.05) is 0 Å². The van der Waals surface area contributed by atoms with Gasteiger partial charge in [-0.1, -0.05) is 6.92 Å². The van der Waals surface area contributed by atoms with E-state index in [1.54, 1.807) is 12.4 Å². The van der Waals surface area contributed by atoms with Crippen molar-refractivity contribution in [1.82, 2.24) is 14.9 Å². The van der Waals surface area contributed by atoms with Crippen LogP contribution in [0.2, 0.25) is 0 Å². The van der Waals surface area contributed by atoms with Crippen LogP contribution in [0.5, 0.6) is 0 Å². The smallest absolute Gasteiger partial charge is 0.182 e. The molecule has 1 aliphatic rings. The van der Waals surface area contributed by atoms with E-state index < -0.39 is 0 Å². The number of nitrogens with one attached hydrogen (secondary N) is 1. The zero-order chi connectivity index (χ0) is 13.7. The molecule has 2 rings (SSSR count). The highest BCUT2D eigenvalue weighted by Crippen LogP contribution is 2.18. The Kier molecular flexibility index (Phi) is 4.69. The van der Waals surface area contributed by atoms with E-state index in [0.717, 1.165) is 19.0 Å². The molecule has 5 nitrogen and oxygen atoms in total. The van der Waals surface area contributed by atoms with Crippen LogP contribution in [0.4, 0.5) is 5.82 Å². The number of rotatable bonds is 4. The van der Waals surface area contributed by atoms with Crippen LogP contribution in [0.15, 0.2) is 12.4 Å². The Labute approximate surface area is 114 Å². The first-order valence-corrected chi connectivity index (χ1v) is 6.89. The summed E-state index contributed by atoms with van der Waals surface area (Å²) in [5.41, 5.74) is 0.363. The standard InChI is InChI=1S/C14H21N5/c1-11-4-3-7-19(10-11)12(2)9-18-14-13(8-15)16-5-6-17-14/h5-6,11-12H,3-4,7,9-10H2,1-2H3,(H,17,18). The number of nitriles is 1. The van der Waals surface area contributed by atoms with Gasteiger partial charge in [0.25, 0.3) is 0 Å². The molecule has 1 N–H and O–H groups in total. The second kappa shape index (κ2) is 6.48. The van der Waals surface area contributed by atoms with Crippen LogP contribution in [-0.4, -0.2) is 40.5 Å². The van der Waals surface area contributed by atoms with Crippen molar-refractivity contribution in [3.8, 4) is 6.07 Å². The lowest BCUT2D eigenvalue weighted by atomic mass is 9.99. The van der Waals surface area contributed by atoms with Crippen LogP contribution in [0.3, 0.4) is 0 Å². The molecular formula is C14H21N5. The predicted octanol–water partition coefficient (Wildman–Crippen LogP) is 1.88. The van der Waals surface area contributed by atoms with Gasteiger partial charge in [-0.2, -0.15) is 5.26 Å². The summed E-state index contributed by atoms with van der Waals surface area (Å²) in [5, 5.41) is 12.2. The molecule has 19 heavy (non-hydrogen) atoms. The molecule has 5 heteroatoms. The number of nitrogens with zero attached hydrogens (tertiary/aromatic N) is 4. The number of hydrogen-bond acceptors (Lipinski definition) is 5. The molecule has 0 aromatic carbocycles. The Balaban J connectivity index is 1.89. The maximum atomic E-state index is 8.96. The summed E-state index contributed by atoms with van der Waals surface area (Å²) in [4.78, 5) is 10.7. The topological polar surface area (TPSA) is 64.8 Å². The van der Waals surface area contributed by atoms with Crippen LogP contribution in [0.1, 0.15) is 32.4 Å². The molecule has 1 fully saturated rings. The van der Waals surface area contributed by atoms with Crippen molar-refractivity contribution in [3.63, 3.8) is 0 Å². The summed E-state index contributed by atoms with van der Waals surface area (Å²) in [5.74, 6) is 1.37. The van der Waals surface area contributed by atoms with Crippen LogP contribution < -0.4 is 5.32 Å². The van der Waals surface area contributed by atoms with Gasteiger partial charge in [0.05, 0.1) is 0 Å². The van der Waals surface area contributed by atoms with Crippen molar-refractivity contribution >= 4 is 5.82 Å². The zero-order valence-corrected chi connectivity index (χ0v) is 11.6. The third-order valence-corrected chi connectivity index (χ3v) is 3.68. The first-order valence-electron chi connectivity index (χ1n) is 6.89. The zero-order valence-electron chi connectivity index (χ0n) is 11.6. The van der Waals surface area contributed by atoms with E-state index >= 15 is 0 Å². The summed E-state index contributed by atoms with van der Waals surface area (Å²) in [6, 6.07) is 2.50. The molecule has 1 aromatic rings. The summed E-state index contributed by atoms with van der Waals surface area (Å²) >= 11 is 0. The van der Waals surface area contributed by atoms with Gasteiger partial charge >= 0.3 is 0 Å². The van der Waals surface area contributed by atoms with Gasteiger partial charge in [-0.3, -0.25) is 4.90 Å². The summed E-state index contributed by atoms with van der Waals surface area (Å²) in [6.45, 7) is 7.64. The Morgan fingerprint density at radius 1 is 1.53 bits per heavy atom. The van der Waals surface area contributed by atoms with E-state index in [4.69, 9.17) is 5.26 Å². The maximum absolute atomic E-state index is 8.96. The molecule has 2 atom stereocenters. The lowest BCUT2D eigenvalue weighted by Gasteiger charge is -2.35. The highest BCUT2D eigenvalue weighted by molar-refractivity contribution is 5.46. The third-order valence-electron chi connectivity index (χ3n) is 3.68. The average molecular weight is 259 g/mol. The molecule has 1 aliphatic heterocycles. The second-order valence-corrected chi connectivity index (χ2v) is 5.34. The minimum Gasteiger partial charge on any atom is -0.366 e. The molecule has 0 bridgehead atoms. The lowest BCUT2D eigenvalue weighted by molar-refractivity contribution is 0.144. The number of likely N-dealkylation sites (tertiary alicyclic amines) is 1. The number of hydrogen-bond donors (Lipinski definition) is 1. The fourth-order valence-electron chi connectivity index (χ4n) is 2.55. The molecule has 102 valence electrons. The van der Waals surface area contributed by atoms with E-state index in [2.05, 4.69) is 40.1 Å². The molecule has 1 aromatic heterocycles. The van der Waals surface area contributed by atoms with Gasteiger partial charge in [-0.25, -0.2) is 9.97 Å². The molecule has 0 saturated carbocycles. The minimum atomic E-state index is 0.363. The number of piperidine rings is 1. The fraction of sp³-hybridized carbons (Fsp3) is 0.643. The highest BCUT2D eigenvalue weighted by atomic mass is 15.2. The fourth-order valence-corrected chi connectivity index (χ4v) is 2.55. The molecule has 0 radical (unpaired) electrons. The Bertz CT molecular complexity index is 453. The first kappa shape index (κ1) is 13.8. The average Bonchev–Trinajstić information content (AvgIpc) is 2.45. The predicted molar refractivity (Wildman–Crippen MR) is 74.7 cm³/mol. The van der Waals surface area contributed by atoms with Crippen molar-refractivity contribution < 1.29 is 0 Å². The Morgan fingerprint density at radius 3 is 3.05 bits per heavy atom. The van der Waals surface area contributed by atoms with Crippen LogP contribution in [0, 0.1) is 17.2 Å². The molecular weight excluding hydrogens is 238 g/mol. The normalized spacial score (nSPS) is 21.6. The van der Waals surface area contributed by atoms with Gasteiger partial charge in [0.15, 0.2) is 11.5 Å². The summed E-state index contributed by atoms with van der Waals surface area (Å²) < 4.78 is 0. The summed E-state index contributed by atoms with van der Waals surface area (Å²) in [7, 11) is 0. The minimum absolute atomic E-state index is 0.363. The van der Waals surface area contributed by atoms with E-state index in [1.165, 1.54) is 19.4 Å². The van der Waals surface area contributed by atoms with Crippen LogP contribution in [-0.2, 0) is 0 Å². The Morgan fingerprint density at radius 2 is 2.32 bits per heavy atom. The molecule has 1 saturated heterocycles. The van der Waals surface area contributed by atoms with E-state index in [9.17, 15) is 0 Å². The van der Waals surface area contributed by atoms with Gasteiger partial charge in [0, 0.05) is 31.5 Å². The largest absolute Gasteiger partial charge is 0.366 e. The molecule has 2 unspecified atom stereocenters. The summed E-state index contributed by atoms with van der Waals surface area (Å²) in [6.07, 6.45) is 5.76.